The molecular formula is C11H10F4O4. The van der Waals surface area contributed by atoms with Crippen LogP contribution in [0.3, 0.4) is 0 Å². The van der Waals surface area contributed by atoms with Crippen molar-refractivity contribution in [2.45, 2.75) is 24.8 Å². The van der Waals surface area contributed by atoms with Gasteiger partial charge in [-0.05, 0) is 23.8 Å². The summed E-state index contributed by atoms with van der Waals surface area (Å²) in [6, 6.07) is 1.30. The molecule has 1 rings (SSSR count). The van der Waals surface area contributed by atoms with E-state index in [-0.39, 0.29) is 6.07 Å². The van der Waals surface area contributed by atoms with Crippen LogP contribution >= 0.6 is 0 Å². The topological polar surface area (TPSA) is 77.8 Å². The van der Waals surface area contributed by atoms with Crippen molar-refractivity contribution < 1.29 is 37.7 Å². The maximum absolute atomic E-state index is 13.0. The van der Waals surface area contributed by atoms with E-state index in [1.165, 1.54) is 0 Å². The minimum Gasteiger partial charge on any atom is -0.481 e. The van der Waals surface area contributed by atoms with Gasteiger partial charge in [0, 0.05) is 0 Å². The first-order valence-corrected chi connectivity index (χ1v) is 5.07. The van der Waals surface area contributed by atoms with E-state index in [1.807, 2.05) is 0 Å². The molecule has 19 heavy (non-hydrogen) atoms. The van der Waals surface area contributed by atoms with Crippen molar-refractivity contribution in [1.29, 1.82) is 0 Å². The van der Waals surface area contributed by atoms with Crippen molar-refractivity contribution in [2.24, 2.45) is 0 Å². The Morgan fingerprint density at radius 3 is 2.26 bits per heavy atom. The van der Waals surface area contributed by atoms with E-state index >= 15 is 0 Å². The number of halogens is 4. The second kappa shape index (κ2) is 5.54. The van der Waals surface area contributed by atoms with Gasteiger partial charge >= 0.3 is 12.1 Å². The van der Waals surface area contributed by atoms with E-state index in [2.05, 4.69) is 0 Å². The van der Waals surface area contributed by atoms with Crippen LogP contribution in [0.25, 0.3) is 0 Å². The van der Waals surface area contributed by atoms with Crippen LogP contribution in [0.1, 0.15) is 23.7 Å². The first-order chi connectivity index (χ1) is 8.61. The maximum atomic E-state index is 13.0. The number of benzene rings is 1. The van der Waals surface area contributed by atoms with Gasteiger partial charge in [0.2, 0.25) is 0 Å². The number of alkyl halides is 3. The maximum Gasteiger partial charge on any atom is 0.416 e. The molecule has 2 unspecified atom stereocenters. The van der Waals surface area contributed by atoms with Crippen molar-refractivity contribution in [3.05, 3.63) is 35.1 Å². The average Bonchev–Trinajstić information content (AvgIpc) is 2.25. The summed E-state index contributed by atoms with van der Waals surface area (Å²) in [5.74, 6) is -2.69. The Bertz CT molecular complexity index is 472. The molecule has 0 saturated carbocycles. The molecule has 1 aromatic carbocycles. The van der Waals surface area contributed by atoms with Crippen molar-refractivity contribution in [1.82, 2.24) is 0 Å². The normalized spacial score (nSPS) is 15.1. The molecule has 0 fully saturated rings. The molecular weight excluding hydrogens is 272 g/mol. The summed E-state index contributed by atoms with van der Waals surface area (Å²) in [6.45, 7) is 0. The Balaban J connectivity index is 3.06. The summed E-state index contributed by atoms with van der Waals surface area (Å²) >= 11 is 0. The van der Waals surface area contributed by atoms with Crippen molar-refractivity contribution >= 4 is 5.97 Å². The average molecular weight is 282 g/mol. The number of carboxylic acids is 1. The van der Waals surface area contributed by atoms with Gasteiger partial charge in [-0.15, -0.1) is 0 Å². The van der Waals surface area contributed by atoms with E-state index in [0.29, 0.717) is 12.1 Å². The summed E-state index contributed by atoms with van der Waals surface area (Å²) in [5, 5.41) is 27.2. The molecule has 0 bridgehead atoms. The highest BCUT2D eigenvalue weighted by atomic mass is 19.4. The summed E-state index contributed by atoms with van der Waals surface area (Å²) < 4.78 is 50.3. The fourth-order valence-electron chi connectivity index (χ4n) is 1.46. The number of aliphatic carboxylic acids is 1. The van der Waals surface area contributed by atoms with Crippen LogP contribution in [0, 0.1) is 5.82 Å². The quantitative estimate of drug-likeness (QED) is 0.735. The van der Waals surface area contributed by atoms with E-state index in [0.717, 1.165) is 0 Å². The molecule has 0 aliphatic rings. The minimum atomic E-state index is -4.81. The predicted octanol–water partition coefficient (Wildman–Crippen LogP) is 1.71. The van der Waals surface area contributed by atoms with Gasteiger partial charge in [-0.2, -0.15) is 13.2 Å². The van der Waals surface area contributed by atoms with Crippen molar-refractivity contribution in [2.75, 3.05) is 0 Å². The molecule has 4 nitrogen and oxygen atoms in total. The van der Waals surface area contributed by atoms with Gasteiger partial charge in [0.05, 0.1) is 18.1 Å². The molecule has 0 aliphatic carbocycles. The van der Waals surface area contributed by atoms with Crippen LogP contribution in [0.5, 0.6) is 0 Å². The molecule has 2 atom stereocenters. The SMILES string of the molecule is O=C(O)CC(O)C(O)c1cc(F)cc(C(F)(F)F)c1. The summed E-state index contributed by atoms with van der Waals surface area (Å²) in [7, 11) is 0. The molecule has 0 radical (unpaired) electrons. The molecule has 3 N–H and O–H groups in total. The molecule has 8 heteroatoms. The van der Waals surface area contributed by atoms with Crippen LogP contribution in [0.4, 0.5) is 17.6 Å². The third kappa shape index (κ3) is 4.18. The monoisotopic (exact) mass is 282 g/mol. The number of carboxylic acid groups (broad SMARTS) is 1. The second-order valence-corrected chi connectivity index (χ2v) is 3.88. The minimum absolute atomic E-state index is 0.236. The van der Waals surface area contributed by atoms with E-state index in [9.17, 15) is 32.6 Å². The lowest BCUT2D eigenvalue weighted by atomic mass is 9.99. The fraction of sp³-hybridized carbons (Fsp3) is 0.364. The highest BCUT2D eigenvalue weighted by Crippen LogP contribution is 2.32. The lowest BCUT2D eigenvalue weighted by molar-refractivity contribution is -0.141. The van der Waals surface area contributed by atoms with Gasteiger partial charge in [0.1, 0.15) is 11.9 Å². The van der Waals surface area contributed by atoms with Crippen LogP contribution in [0.15, 0.2) is 18.2 Å². The number of hydrogen-bond acceptors (Lipinski definition) is 3. The molecule has 0 heterocycles. The highest BCUT2D eigenvalue weighted by molar-refractivity contribution is 5.67. The van der Waals surface area contributed by atoms with Gasteiger partial charge in [-0.1, -0.05) is 0 Å². The lowest BCUT2D eigenvalue weighted by Crippen LogP contribution is -2.22. The first-order valence-electron chi connectivity index (χ1n) is 5.07. The second-order valence-electron chi connectivity index (χ2n) is 3.88. The van der Waals surface area contributed by atoms with E-state index in [4.69, 9.17) is 5.11 Å². The van der Waals surface area contributed by atoms with Crippen LogP contribution in [0.2, 0.25) is 0 Å². The summed E-state index contributed by atoms with van der Waals surface area (Å²) in [6.07, 6.45) is -9.44. The van der Waals surface area contributed by atoms with E-state index in [1.54, 1.807) is 0 Å². The fourth-order valence-corrected chi connectivity index (χ4v) is 1.46. The molecule has 0 amide bonds. The van der Waals surface area contributed by atoms with Gasteiger partial charge in [0.25, 0.3) is 0 Å². The van der Waals surface area contributed by atoms with Gasteiger partial charge in [0.15, 0.2) is 0 Å². The third-order valence-corrected chi connectivity index (χ3v) is 2.34. The Hall–Kier alpha value is -1.67. The van der Waals surface area contributed by atoms with Crippen LogP contribution in [-0.2, 0) is 11.0 Å². The molecule has 0 aliphatic heterocycles. The van der Waals surface area contributed by atoms with Gasteiger partial charge in [-0.25, -0.2) is 4.39 Å². The highest BCUT2D eigenvalue weighted by Gasteiger charge is 2.32. The molecule has 1 aromatic rings. The number of hydrogen-bond donors (Lipinski definition) is 3. The smallest absolute Gasteiger partial charge is 0.416 e. The third-order valence-electron chi connectivity index (χ3n) is 2.34. The van der Waals surface area contributed by atoms with Crippen LogP contribution in [-0.4, -0.2) is 27.4 Å². The number of carbonyl (C=O) groups is 1. The standard InChI is InChI=1S/C11H10F4O4/c12-7-2-5(1-6(3-7)11(13,14)15)10(19)8(16)4-9(17)18/h1-3,8,10,16,19H,4H2,(H,17,18). The predicted molar refractivity (Wildman–Crippen MR) is 54.6 cm³/mol. The van der Waals surface area contributed by atoms with Crippen molar-refractivity contribution in [3.8, 4) is 0 Å². The number of aliphatic hydroxyl groups excluding tert-OH is 2. The zero-order chi connectivity index (χ0) is 14.8. The summed E-state index contributed by atoms with van der Waals surface area (Å²) in [5.41, 5.74) is -1.87. The molecule has 106 valence electrons. The Kier molecular flexibility index (Phi) is 4.48. The largest absolute Gasteiger partial charge is 0.481 e. The first kappa shape index (κ1) is 15.4. The zero-order valence-electron chi connectivity index (χ0n) is 9.36. The number of aliphatic hydroxyl groups is 2. The van der Waals surface area contributed by atoms with Crippen molar-refractivity contribution in [3.63, 3.8) is 0 Å². The Labute approximate surface area is 104 Å². The van der Waals surface area contributed by atoms with Crippen LogP contribution < -0.4 is 0 Å². The summed E-state index contributed by atoms with van der Waals surface area (Å²) in [4.78, 5) is 10.3. The molecule has 0 aromatic heterocycles. The van der Waals surface area contributed by atoms with Gasteiger partial charge in [-0.3, -0.25) is 4.79 Å². The molecule has 0 saturated heterocycles. The Morgan fingerprint density at radius 1 is 1.21 bits per heavy atom. The van der Waals surface area contributed by atoms with E-state index < -0.39 is 47.7 Å². The lowest BCUT2D eigenvalue weighted by Gasteiger charge is -2.18. The zero-order valence-corrected chi connectivity index (χ0v) is 9.36. The molecule has 0 spiro atoms. The Morgan fingerprint density at radius 2 is 1.79 bits per heavy atom. The van der Waals surface area contributed by atoms with Gasteiger partial charge < -0.3 is 15.3 Å². The number of rotatable bonds is 4.